The second-order valence-electron chi connectivity index (χ2n) is 9.91. The molecule has 6 nitrogen and oxygen atoms in total. The Morgan fingerprint density at radius 1 is 1.03 bits per heavy atom. The first kappa shape index (κ1) is 24.6. The van der Waals surface area contributed by atoms with Gasteiger partial charge in [0.05, 0.1) is 35.0 Å². The van der Waals surface area contributed by atoms with Crippen LogP contribution in [0.5, 0.6) is 0 Å². The van der Waals surface area contributed by atoms with E-state index in [2.05, 4.69) is 67.2 Å². The van der Waals surface area contributed by atoms with E-state index in [1.54, 1.807) is 6.20 Å². The second kappa shape index (κ2) is 10.5. The van der Waals surface area contributed by atoms with E-state index in [1.807, 2.05) is 30.3 Å². The lowest BCUT2D eigenvalue weighted by Crippen LogP contribution is -2.45. The van der Waals surface area contributed by atoms with Crippen LogP contribution >= 0.6 is 11.6 Å². The van der Waals surface area contributed by atoms with Crippen molar-refractivity contribution >= 4 is 34.0 Å². The lowest BCUT2D eigenvalue weighted by Gasteiger charge is -2.34. The maximum Gasteiger partial charge on any atom is 0.145 e. The molecule has 1 aliphatic rings. The van der Waals surface area contributed by atoms with Crippen LogP contribution in [0.2, 0.25) is 5.02 Å². The number of morpholine rings is 1. The first-order valence-corrected chi connectivity index (χ1v) is 12.9. The van der Waals surface area contributed by atoms with E-state index in [1.165, 1.54) is 5.56 Å². The number of aromatic nitrogens is 3. The van der Waals surface area contributed by atoms with Gasteiger partial charge in [0.15, 0.2) is 0 Å². The Kier molecular flexibility index (Phi) is 7.19. The van der Waals surface area contributed by atoms with E-state index in [0.29, 0.717) is 17.5 Å². The fraction of sp³-hybridized carbons (Fsp3) is 0.345. The Labute approximate surface area is 217 Å². The van der Waals surface area contributed by atoms with Crippen LogP contribution in [0.15, 0.2) is 60.8 Å². The van der Waals surface area contributed by atoms with Crippen LogP contribution in [0.3, 0.4) is 0 Å². The summed E-state index contributed by atoms with van der Waals surface area (Å²) in [5.74, 6) is 2.05. The first-order valence-electron chi connectivity index (χ1n) is 12.5. The molecule has 1 saturated heterocycles. The number of benzene rings is 2. The van der Waals surface area contributed by atoms with Gasteiger partial charge >= 0.3 is 0 Å². The van der Waals surface area contributed by atoms with E-state index >= 15 is 0 Å². The van der Waals surface area contributed by atoms with E-state index in [9.17, 15) is 0 Å². The van der Waals surface area contributed by atoms with Crippen molar-refractivity contribution < 1.29 is 4.74 Å². The highest BCUT2D eigenvalue weighted by atomic mass is 35.5. The van der Waals surface area contributed by atoms with Gasteiger partial charge in [0.2, 0.25) is 0 Å². The molecular weight excluding hydrogens is 470 g/mol. The Morgan fingerprint density at radius 3 is 2.47 bits per heavy atom. The van der Waals surface area contributed by atoms with Crippen LogP contribution in [0, 0.1) is 0 Å². The SMILES string of the molecule is CC(C)c1ccc(Nc2nc(CN3C[C@H](C)O[C@@H](C)C3)nc3cc(-c4ncccc4Cl)ccc23)cc1. The number of halogens is 1. The van der Waals surface area contributed by atoms with Crippen LogP contribution in [-0.4, -0.2) is 45.1 Å². The summed E-state index contributed by atoms with van der Waals surface area (Å²) >= 11 is 6.44. The highest BCUT2D eigenvalue weighted by Crippen LogP contribution is 2.31. The summed E-state index contributed by atoms with van der Waals surface area (Å²) in [6, 6.07) is 18.3. The van der Waals surface area contributed by atoms with Gasteiger partial charge in [-0.1, -0.05) is 43.6 Å². The molecule has 0 aliphatic carbocycles. The first-order chi connectivity index (χ1) is 17.4. The molecule has 0 bridgehead atoms. The van der Waals surface area contributed by atoms with E-state index in [4.69, 9.17) is 26.3 Å². The average molecular weight is 502 g/mol. The molecule has 2 atom stereocenters. The van der Waals surface area contributed by atoms with Gasteiger partial charge in [0.25, 0.3) is 0 Å². The topological polar surface area (TPSA) is 63.2 Å². The standard InChI is InChI=1S/C29H32ClN5O/c1-18(2)21-7-10-23(11-8-21)32-29-24-12-9-22(28-25(30)6-5-13-31-28)14-26(24)33-27(34-29)17-35-15-19(3)36-20(4)16-35/h5-14,18-20H,15-17H2,1-4H3,(H,32,33,34)/t19-,20-/m0/s1. The van der Waals surface area contributed by atoms with Gasteiger partial charge in [-0.3, -0.25) is 9.88 Å². The molecule has 0 unspecified atom stereocenters. The summed E-state index contributed by atoms with van der Waals surface area (Å²) in [4.78, 5) is 16.8. The highest BCUT2D eigenvalue weighted by Gasteiger charge is 2.23. The Balaban J connectivity index is 1.54. The Morgan fingerprint density at radius 2 is 1.78 bits per heavy atom. The maximum absolute atomic E-state index is 6.44. The monoisotopic (exact) mass is 501 g/mol. The summed E-state index contributed by atoms with van der Waals surface area (Å²) < 4.78 is 5.92. The van der Waals surface area contributed by atoms with Crippen molar-refractivity contribution in [1.82, 2.24) is 19.9 Å². The molecule has 2 aromatic heterocycles. The molecule has 0 radical (unpaired) electrons. The van der Waals surface area contributed by atoms with E-state index < -0.39 is 0 Å². The zero-order valence-electron chi connectivity index (χ0n) is 21.2. The predicted molar refractivity (Wildman–Crippen MR) is 147 cm³/mol. The van der Waals surface area contributed by atoms with E-state index in [0.717, 1.165) is 52.6 Å². The van der Waals surface area contributed by atoms with Crippen LogP contribution in [0.4, 0.5) is 11.5 Å². The fourth-order valence-electron chi connectivity index (χ4n) is 4.79. The smallest absolute Gasteiger partial charge is 0.145 e. The minimum Gasteiger partial charge on any atom is -0.373 e. The number of nitrogens with one attached hydrogen (secondary N) is 1. The number of anilines is 2. The third kappa shape index (κ3) is 5.51. The number of hydrogen-bond donors (Lipinski definition) is 1. The molecular formula is C29H32ClN5O. The lowest BCUT2D eigenvalue weighted by molar-refractivity contribution is -0.0710. The van der Waals surface area contributed by atoms with Gasteiger partial charge in [-0.15, -0.1) is 0 Å². The zero-order chi connectivity index (χ0) is 25.2. The molecule has 0 spiro atoms. The molecule has 4 aromatic rings. The van der Waals surface area contributed by atoms with Crippen molar-refractivity contribution in [2.75, 3.05) is 18.4 Å². The quantitative estimate of drug-likeness (QED) is 0.312. The third-order valence-corrected chi connectivity index (χ3v) is 6.78. The van der Waals surface area contributed by atoms with Gasteiger partial charge in [-0.2, -0.15) is 0 Å². The molecule has 2 aromatic carbocycles. The highest BCUT2D eigenvalue weighted by molar-refractivity contribution is 6.33. The minimum absolute atomic E-state index is 0.184. The summed E-state index contributed by atoms with van der Waals surface area (Å²) in [5, 5.41) is 5.11. The molecule has 186 valence electrons. The number of pyridine rings is 1. The number of hydrogen-bond acceptors (Lipinski definition) is 6. The normalized spacial score (nSPS) is 18.6. The van der Waals surface area contributed by atoms with Crippen LogP contribution < -0.4 is 5.32 Å². The molecule has 5 rings (SSSR count). The van der Waals surface area contributed by atoms with Gasteiger partial charge in [0.1, 0.15) is 11.6 Å². The molecule has 0 saturated carbocycles. The number of ether oxygens (including phenoxy) is 1. The molecule has 7 heteroatoms. The summed E-state index contributed by atoms with van der Waals surface area (Å²) in [5.41, 5.74) is 4.83. The number of fused-ring (bicyclic) bond motifs is 1. The van der Waals surface area contributed by atoms with Crippen molar-refractivity contribution in [3.8, 4) is 11.3 Å². The largest absolute Gasteiger partial charge is 0.373 e. The Bertz CT molecular complexity index is 1350. The third-order valence-electron chi connectivity index (χ3n) is 6.48. The van der Waals surface area contributed by atoms with Crippen LogP contribution in [0.1, 0.15) is 45.0 Å². The van der Waals surface area contributed by atoms with Crippen molar-refractivity contribution in [2.45, 2.75) is 52.4 Å². The summed E-state index contributed by atoms with van der Waals surface area (Å²) in [6.45, 7) is 11.0. The van der Waals surface area contributed by atoms with Crippen molar-refractivity contribution in [1.29, 1.82) is 0 Å². The lowest BCUT2D eigenvalue weighted by atomic mass is 10.0. The van der Waals surface area contributed by atoms with Crippen LogP contribution in [0.25, 0.3) is 22.2 Å². The van der Waals surface area contributed by atoms with Crippen LogP contribution in [-0.2, 0) is 11.3 Å². The summed E-state index contributed by atoms with van der Waals surface area (Å²) in [6.07, 6.45) is 2.12. The molecule has 3 heterocycles. The van der Waals surface area contributed by atoms with Gasteiger partial charge in [0, 0.05) is 35.9 Å². The van der Waals surface area contributed by atoms with E-state index in [-0.39, 0.29) is 12.2 Å². The summed E-state index contributed by atoms with van der Waals surface area (Å²) in [7, 11) is 0. The molecule has 36 heavy (non-hydrogen) atoms. The predicted octanol–water partition coefficient (Wildman–Crippen LogP) is 6.82. The van der Waals surface area contributed by atoms with Crippen molar-refractivity contribution in [3.63, 3.8) is 0 Å². The van der Waals surface area contributed by atoms with Gasteiger partial charge in [-0.05, 0) is 61.7 Å². The average Bonchev–Trinajstić information content (AvgIpc) is 2.84. The molecule has 1 aliphatic heterocycles. The molecule has 0 amide bonds. The minimum atomic E-state index is 0.184. The maximum atomic E-state index is 6.44. The van der Waals surface area contributed by atoms with Crippen molar-refractivity contribution in [2.24, 2.45) is 0 Å². The molecule has 1 fully saturated rings. The van der Waals surface area contributed by atoms with Gasteiger partial charge < -0.3 is 10.1 Å². The van der Waals surface area contributed by atoms with Crippen molar-refractivity contribution in [3.05, 3.63) is 77.2 Å². The Hall–Kier alpha value is -3.06. The zero-order valence-corrected chi connectivity index (χ0v) is 22.0. The molecule has 1 N–H and O–H groups in total. The second-order valence-corrected chi connectivity index (χ2v) is 10.3. The number of rotatable bonds is 6. The van der Waals surface area contributed by atoms with Gasteiger partial charge in [-0.25, -0.2) is 9.97 Å². The fourth-order valence-corrected chi connectivity index (χ4v) is 5.02. The number of nitrogens with zero attached hydrogens (tertiary/aromatic N) is 4.